The van der Waals surface area contributed by atoms with E-state index in [-0.39, 0.29) is 6.10 Å². The third-order valence-electron chi connectivity index (χ3n) is 7.89. The van der Waals surface area contributed by atoms with Gasteiger partial charge < -0.3 is 19.9 Å². The lowest BCUT2D eigenvalue weighted by molar-refractivity contribution is 0.0222. The molecule has 8 heteroatoms. The summed E-state index contributed by atoms with van der Waals surface area (Å²) >= 11 is 0. The number of benzene rings is 1. The number of nitrogens with one attached hydrogen (secondary N) is 1. The number of aromatic nitrogens is 2. The van der Waals surface area contributed by atoms with Gasteiger partial charge in [-0.2, -0.15) is 5.26 Å². The molecule has 0 unspecified atom stereocenters. The van der Waals surface area contributed by atoms with E-state index < -0.39 is 0 Å². The van der Waals surface area contributed by atoms with E-state index in [2.05, 4.69) is 61.2 Å². The molecule has 3 saturated heterocycles. The maximum atomic E-state index is 9.53. The molecule has 186 valence electrons. The zero-order valence-corrected chi connectivity index (χ0v) is 20.8. The van der Waals surface area contributed by atoms with Crippen LogP contribution in [-0.4, -0.2) is 78.9 Å². The fraction of sp³-hybridized carbons (Fsp3) is 0.464. The van der Waals surface area contributed by atoms with Crippen molar-refractivity contribution in [1.82, 2.24) is 20.2 Å². The molecule has 0 saturated carbocycles. The second-order valence-corrected chi connectivity index (χ2v) is 10.1. The number of nitriles is 1. The van der Waals surface area contributed by atoms with Gasteiger partial charge in [-0.05, 0) is 43.7 Å². The van der Waals surface area contributed by atoms with Gasteiger partial charge in [-0.3, -0.25) is 9.88 Å². The number of rotatable bonds is 4. The lowest BCUT2D eigenvalue weighted by atomic mass is 9.93. The molecule has 0 bridgehead atoms. The van der Waals surface area contributed by atoms with Crippen LogP contribution in [0.3, 0.4) is 0 Å². The van der Waals surface area contributed by atoms with Crippen molar-refractivity contribution in [2.75, 3.05) is 55.6 Å². The van der Waals surface area contributed by atoms with Crippen molar-refractivity contribution in [1.29, 1.82) is 5.26 Å². The van der Waals surface area contributed by atoms with Crippen molar-refractivity contribution in [3.8, 4) is 11.9 Å². The molecule has 3 fully saturated rings. The smallest absolute Gasteiger partial charge is 0.213 e. The van der Waals surface area contributed by atoms with Crippen LogP contribution in [0.1, 0.15) is 25.3 Å². The summed E-state index contributed by atoms with van der Waals surface area (Å²) < 4.78 is 6.39. The van der Waals surface area contributed by atoms with Crippen LogP contribution in [-0.2, 0) is 0 Å². The summed E-state index contributed by atoms with van der Waals surface area (Å²) in [4.78, 5) is 16.6. The zero-order chi connectivity index (χ0) is 24.5. The van der Waals surface area contributed by atoms with Gasteiger partial charge in [-0.15, -0.1) is 0 Å². The summed E-state index contributed by atoms with van der Waals surface area (Å²) in [5.41, 5.74) is 3.74. The summed E-state index contributed by atoms with van der Waals surface area (Å²) in [5, 5.41) is 14.0. The van der Waals surface area contributed by atoms with Crippen LogP contribution in [0.2, 0.25) is 0 Å². The number of piperidine rings is 1. The van der Waals surface area contributed by atoms with Crippen LogP contribution in [0, 0.1) is 11.3 Å². The van der Waals surface area contributed by atoms with Gasteiger partial charge in [0, 0.05) is 87.7 Å². The van der Waals surface area contributed by atoms with Crippen molar-refractivity contribution >= 4 is 22.3 Å². The van der Waals surface area contributed by atoms with E-state index in [1.807, 2.05) is 24.4 Å². The van der Waals surface area contributed by atoms with E-state index >= 15 is 0 Å². The first-order valence-electron chi connectivity index (χ1n) is 13.1. The summed E-state index contributed by atoms with van der Waals surface area (Å²) in [7, 11) is 0. The molecular formula is C28H33N7O. The maximum Gasteiger partial charge on any atom is 0.213 e. The molecule has 0 spiro atoms. The predicted molar refractivity (Wildman–Crippen MR) is 142 cm³/mol. The first-order chi connectivity index (χ1) is 17.7. The Bertz CT molecular complexity index is 1250. The monoisotopic (exact) mass is 483 g/mol. The topological polar surface area (TPSA) is 80.5 Å². The third kappa shape index (κ3) is 4.45. The Morgan fingerprint density at radius 2 is 1.92 bits per heavy atom. The number of nitrogens with zero attached hydrogens (tertiary/aromatic N) is 6. The first-order valence-corrected chi connectivity index (χ1v) is 13.1. The van der Waals surface area contributed by atoms with Crippen LogP contribution < -0.4 is 19.9 Å². The standard InChI is InChI=1S/C28H33N7O/c1-20-18-34(26-6-4-21(16-29)28-25(26)3-2-9-31-28)19-23-15-24(8-12-35(20)23)36-27-7-5-22(17-32-27)33-13-10-30-11-14-33/h2-7,9,17,20,23-24,30H,8,10-15,18-19H2,1H3/t20-,23+,24+/m1/s1. The molecule has 0 aliphatic carbocycles. The number of pyridine rings is 2. The fourth-order valence-electron chi connectivity index (χ4n) is 6.10. The summed E-state index contributed by atoms with van der Waals surface area (Å²) in [6, 6.07) is 15.3. The van der Waals surface area contributed by atoms with E-state index in [1.54, 1.807) is 6.20 Å². The number of fused-ring (bicyclic) bond motifs is 2. The summed E-state index contributed by atoms with van der Waals surface area (Å²) in [6.45, 7) is 9.33. The molecule has 3 aliphatic heterocycles. The lowest BCUT2D eigenvalue weighted by Crippen LogP contribution is -2.61. The van der Waals surface area contributed by atoms with Crippen LogP contribution in [0.25, 0.3) is 10.9 Å². The molecule has 5 heterocycles. The minimum absolute atomic E-state index is 0.162. The van der Waals surface area contributed by atoms with Gasteiger partial charge in [0.15, 0.2) is 0 Å². The molecule has 3 aliphatic rings. The molecular weight excluding hydrogens is 450 g/mol. The molecule has 0 radical (unpaired) electrons. The van der Waals surface area contributed by atoms with Crippen LogP contribution in [0.5, 0.6) is 5.88 Å². The van der Waals surface area contributed by atoms with Gasteiger partial charge in [0.1, 0.15) is 12.2 Å². The normalized spacial score (nSPS) is 24.8. The Balaban J connectivity index is 1.16. The second kappa shape index (κ2) is 9.92. The average Bonchev–Trinajstić information content (AvgIpc) is 2.93. The van der Waals surface area contributed by atoms with Gasteiger partial charge in [0.05, 0.1) is 23.0 Å². The van der Waals surface area contributed by atoms with Gasteiger partial charge in [-0.25, -0.2) is 4.98 Å². The number of hydrogen-bond acceptors (Lipinski definition) is 8. The zero-order valence-electron chi connectivity index (χ0n) is 20.8. The number of anilines is 2. The molecule has 3 atom stereocenters. The van der Waals surface area contributed by atoms with Crippen LogP contribution in [0.15, 0.2) is 48.8 Å². The quantitative estimate of drug-likeness (QED) is 0.607. The highest BCUT2D eigenvalue weighted by molar-refractivity contribution is 5.95. The van der Waals surface area contributed by atoms with Gasteiger partial charge in [0.25, 0.3) is 0 Å². The molecule has 2 aromatic heterocycles. The molecule has 8 nitrogen and oxygen atoms in total. The van der Waals surface area contributed by atoms with E-state index in [0.29, 0.717) is 17.6 Å². The Morgan fingerprint density at radius 3 is 2.72 bits per heavy atom. The largest absolute Gasteiger partial charge is 0.474 e. The summed E-state index contributed by atoms with van der Waals surface area (Å²) in [5.74, 6) is 0.720. The van der Waals surface area contributed by atoms with Gasteiger partial charge in [-0.1, -0.05) is 0 Å². The van der Waals surface area contributed by atoms with Crippen LogP contribution >= 0.6 is 0 Å². The third-order valence-corrected chi connectivity index (χ3v) is 7.89. The van der Waals surface area contributed by atoms with Gasteiger partial charge in [0.2, 0.25) is 5.88 Å². The van der Waals surface area contributed by atoms with Crippen LogP contribution in [0.4, 0.5) is 11.4 Å². The van der Waals surface area contributed by atoms with Crippen molar-refractivity contribution in [3.63, 3.8) is 0 Å². The molecule has 3 aromatic rings. The second-order valence-electron chi connectivity index (χ2n) is 10.1. The molecule has 1 aromatic carbocycles. The minimum atomic E-state index is 0.162. The number of hydrogen-bond donors (Lipinski definition) is 1. The van der Waals surface area contributed by atoms with Gasteiger partial charge >= 0.3 is 0 Å². The fourth-order valence-corrected chi connectivity index (χ4v) is 6.10. The lowest BCUT2D eigenvalue weighted by Gasteiger charge is -2.50. The van der Waals surface area contributed by atoms with E-state index in [0.717, 1.165) is 81.1 Å². The molecule has 0 amide bonds. The molecule has 1 N–H and O–H groups in total. The number of ether oxygens (including phenoxy) is 1. The maximum absolute atomic E-state index is 9.53. The Kier molecular flexibility index (Phi) is 6.34. The predicted octanol–water partition coefficient (Wildman–Crippen LogP) is 3.03. The molecule has 6 rings (SSSR count). The SMILES string of the molecule is C[C@@H]1CN(c2ccc(C#N)c3ncccc23)C[C@@H]2C[C@@H](Oc3ccc(N4CCNCC4)cn3)CCN21. The summed E-state index contributed by atoms with van der Waals surface area (Å²) in [6.07, 6.45) is 5.88. The molecule has 36 heavy (non-hydrogen) atoms. The average molecular weight is 484 g/mol. The van der Waals surface area contributed by atoms with Crippen molar-refractivity contribution in [3.05, 3.63) is 54.4 Å². The highest BCUT2D eigenvalue weighted by Gasteiger charge is 2.38. The van der Waals surface area contributed by atoms with E-state index in [9.17, 15) is 5.26 Å². The number of piperazine rings is 2. The Labute approximate surface area is 212 Å². The van der Waals surface area contributed by atoms with E-state index in [4.69, 9.17) is 4.74 Å². The van der Waals surface area contributed by atoms with E-state index in [1.165, 1.54) is 5.69 Å². The van der Waals surface area contributed by atoms with Crippen molar-refractivity contribution < 1.29 is 4.74 Å². The highest BCUT2D eigenvalue weighted by atomic mass is 16.5. The minimum Gasteiger partial charge on any atom is -0.474 e. The van der Waals surface area contributed by atoms with Crippen molar-refractivity contribution in [2.45, 2.75) is 38.0 Å². The van der Waals surface area contributed by atoms with Crippen molar-refractivity contribution in [2.24, 2.45) is 0 Å². The highest BCUT2D eigenvalue weighted by Crippen LogP contribution is 2.34. The first kappa shape index (κ1) is 23.0. The Morgan fingerprint density at radius 1 is 1.03 bits per heavy atom. The Hall–Kier alpha value is -3.41.